The van der Waals surface area contributed by atoms with Gasteiger partial charge in [-0.2, -0.15) is 0 Å². The van der Waals surface area contributed by atoms with Gasteiger partial charge in [-0.15, -0.1) is 0 Å². The van der Waals surface area contributed by atoms with E-state index in [9.17, 15) is 24.6 Å². The molecule has 0 bridgehead atoms. The van der Waals surface area contributed by atoms with Gasteiger partial charge >= 0.3 is 5.97 Å². The second-order valence-electron chi connectivity index (χ2n) is 7.59. The first-order chi connectivity index (χ1) is 13.1. The van der Waals surface area contributed by atoms with Crippen molar-refractivity contribution in [2.45, 2.75) is 68.7 Å². The first-order valence-corrected chi connectivity index (χ1v) is 10.5. The van der Waals surface area contributed by atoms with E-state index in [0.717, 1.165) is 24.6 Å². The molecule has 1 heterocycles. The van der Waals surface area contributed by atoms with Gasteiger partial charge in [0.25, 0.3) is 0 Å². The summed E-state index contributed by atoms with van der Waals surface area (Å²) in [6.07, 6.45) is 4.76. The molecule has 1 fully saturated rings. The lowest BCUT2D eigenvalue weighted by Gasteiger charge is -2.47. The lowest BCUT2D eigenvalue weighted by atomic mass is 9.66. The van der Waals surface area contributed by atoms with Gasteiger partial charge in [0.05, 0.1) is 19.6 Å². The monoisotopic (exact) mass is 414 g/mol. The molecule has 0 aromatic heterocycles. The Morgan fingerprint density at radius 2 is 2.18 bits per heavy atom. The highest BCUT2D eigenvalue weighted by Crippen LogP contribution is 2.47. The number of aliphatic hydroxyl groups is 2. The number of aliphatic hydroxyl groups excluding tert-OH is 1. The number of hydrogen-bond acceptors (Lipinski definition) is 8. The molecule has 8 nitrogen and oxygen atoms in total. The molecule has 1 aliphatic carbocycles. The number of amides is 1. The van der Waals surface area contributed by atoms with E-state index in [0.29, 0.717) is 6.42 Å². The number of ether oxygens (including phenoxy) is 1. The minimum absolute atomic E-state index is 0.0138. The summed E-state index contributed by atoms with van der Waals surface area (Å²) in [6.45, 7) is 2.97. The number of rotatable bonds is 7. The first-order valence-electron chi connectivity index (χ1n) is 9.51. The van der Waals surface area contributed by atoms with Crippen LogP contribution >= 0.6 is 11.8 Å². The molecule has 2 rings (SSSR count). The Kier molecular flexibility index (Phi) is 6.96. The molecule has 0 saturated carbocycles. The smallest absolute Gasteiger partial charge is 0.306 e. The predicted octanol–water partition coefficient (Wildman–Crippen LogP) is 0.254. The van der Waals surface area contributed by atoms with E-state index in [1.54, 1.807) is 6.92 Å². The van der Waals surface area contributed by atoms with Crippen LogP contribution in [0.1, 0.15) is 46.0 Å². The molecule has 0 aromatic carbocycles. The highest BCUT2D eigenvalue weighted by Gasteiger charge is 2.73. The van der Waals surface area contributed by atoms with Gasteiger partial charge < -0.3 is 26.0 Å². The van der Waals surface area contributed by atoms with E-state index in [2.05, 4.69) is 10.1 Å². The van der Waals surface area contributed by atoms with Crippen LogP contribution in [0.4, 0.5) is 0 Å². The van der Waals surface area contributed by atoms with Crippen molar-refractivity contribution >= 4 is 28.8 Å². The number of esters is 1. The van der Waals surface area contributed by atoms with Crippen molar-refractivity contribution in [3.8, 4) is 0 Å². The number of thioether (sulfide) groups is 1. The van der Waals surface area contributed by atoms with Crippen molar-refractivity contribution in [3.63, 3.8) is 0 Å². The topological polar surface area (TPSA) is 139 Å². The van der Waals surface area contributed by atoms with Gasteiger partial charge in [0.1, 0.15) is 11.1 Å². The number of carbonyl (C=O) groups excluding carboxylic acids is 3. The molecule has 0 radical (unpaired) electrons. The molecular formula is C19H30N2O6S. The minimum Gasteiger partial charge on any atom is -0.469 e. The van der Waals surface area contributed by atoms with Gasteiger partial charge in [-0.3, -0.25) is 14.4 Å². The number of nitrogens with two attached hydrogens (primary N) is 1. The van der Waals surface area contributed by atoms with Crippen LogP contribution in [0.2, 0.25) is 0 Å². The molecule has 9 heteroatoms. The van der Waals surface area contributed by atoms with Gasteiger partial charge in [-0.05, 0) is 32.6 Å². The molecule has 5 N–H and O–H groups in total. The summed E-state index contributed by atoms with van der Waals surface area (Å²) < 4.78 is 4.57. The van der Waals surface area contributed by atoms with E-state index in [4.69, 9.17) is 5.73 Å². The maximum Gasteiger partial charge on any atom is 0.306 e. The number of allylic oxidation sites excluding steroid dienone is 1. The Bertz CT molecular complexity index is 667. The number of carbonyl (C=O) groups is 3. The zero-order valence-electron chi connectivity index (χ0n) is 16.6. The molecule has 1 amide bonds. The Labute approximate surface area is 169 Å². The second-order valence-corrected chi connectivity index (χ2v) is 8.66. The fourth-order valence-corrected chi connectivity index (χ4v) is 5.14. The lowest BCUT2D eigenvalue weighted by molar-refractivity contribution is -0.144. The third-order valence-electron chi connectivity index (χ3n) is 6.14. The summed E-state index contributed by atoms with van der Waals surface area (Å²) in [7, 11) is 1.25. The van der Waals surface area contributed by atoms with Gasteiger partial charge in [0.15, 0.2) is 5.54 Å². The van der Waals surface area contributed by atoms with Crippen molar-refractivity contribution in [3.05, 3.63) is 12.2 Å². The van der Waals surface area contributed by atoms with Crippen molar-refractivity contribution in [2.75, 3.05) is 12.9 Å². The zero-order chi connectivity index (χ0) is 21.2. The summed E-state index contributed by atoms with van der Waals surface area (Å²) >= 11 is 0.770. The molecule has 1 aliphatic heterocycles. The Hall–Kier alpha value is -1.42. The van der Waals surface area contributed by atoms with Crippen LogP contribution in [0.3, 0.4) is 0 Å². The highest BCUT2D eigenvalue weighted by atomic mass is 32.2. The molecule has 1 saturated heterocycles. The molecular weight excluding hydrogens is 384 g/mol. The molecule has 0 spiro atoms. The fraction of sp³-hybridized carbons (Fsp3) is 0.737. The van der Waals surface area contributed by atoms with E-state index in [1.807, 2.05) is 12.2 Å². The Morgan fingerprint density at radius 1 is 1.50 bits per heavy atom. The quantitative estimate of drug-likeness (QED) is 0.343. The predicted molar refractivity (Wildman–Crippen MR) is 105 cm³/mol. The van der Waals surface area contributed by atoms with Crippen molar-refractivity contribution < 1.29 is 29.3 Å². The van der Waals surface area contributed by atoms with Crippen LogP contribution in [0, 0.1) is 5.92 Å². The number of methoxy groups -OCH3 is 1. The average Bonchev–Trinajstić information content (AvgIpc) is 2.85. The largest absolute Gasteiger partial charge is 0.469 e. The Morgan fingerprint density at radius 3 is 2.68 bits per heavy atom. The third-order valence-corrected chi connectivity index (χ3v) is 7.13. The van der Waals surface area contributed by atoms with Crippen LogP contribution < -0.4 is 11.1 Å². The SMILES string of the molecule is CC[C@@]1(N)C(=O)N[C@](C(=O)SCCC(=O)OC)([C@@H](O)[C@@H]2C=CCCC2)[C@@]1(C)O. The van der Waals surface area contributed by atoms with Crippen LogP contribution in [0.25, 0.3) is 0 Å². The van der Waals surface area contributed by atoms with Crippen LogP contribution in [0.15, 0.2) is 12.2 Å². The van der Waals surface area contributed by atoms with Crippen LogP contribution in [-0.2, 0) is 19.1 Å². The standard InChI is InChI=1S/C19H30N2O6S/c1-4-18(20)15(24)21-19(17(18,2)26,14(23)12-8-6-5-7-9-12)16(25)28-11-10-13(22)27-3/h6,8,12,14,23,26H,4-5,7,9-11,20H2,1-3H3,(H,21,24)/t12-,14+,17+,18-,19+/m1/s1. The second kappa shape index (κ2) is 8.52. The molecule has 28 heavy (non-hydrogen) atoms. The van der Waals surface area contributed by atoms with Crippen molar-refractivity contribution in [2.24, 2.45) is 11.7 Å². The van der Waals surface area contributed by atoms with Gasteiger partial charge in [0, 0.05) is 11.7 Å². The summed E-state index contributed by atoms with van der Waals surface area (Å²) in [6, 6.07) is 0. The summed E-state index contributed by atoms with van der Waals surface area (Å²) in [4.78, 5) is 37.4. The molecule has 2 aliphatic rings. The summed E-state index contributed by atoms with van der Waals surface area (Å²) in [5.41, 5.74) is 0.481. The van der Waals surface area contributed by atoms with Crippen molar-refractivity contribution in [1.29, 1.82) is 0 Å². The van der Waals surface area contributed by atoms with Crippen molar-refractivity contribution in [1.82, 2.24) is 5.32 Å². The minimum atomic E-state index is -2.04. The first kappa shape index (κ1) is 22.9. The zero-order valence-corrected chi connectivity index (χ0v) is 17.4. The van der Waals surface area contributed by atoms with E-state index < -0.39 is 45.7 Å². The normalized spacial score (nSPS) is 36.1. The van der Waals surface area contributed by atoms with Crippen LogP contribution in [-0.4, -0.2) is 62.9 Å². The molecule has 5 atom stereocenters. The van der Waals surface area contributed by atoms with Gasteiger partial charge in [-0.1, -0.05) is 30.8 Å². The van der Waals surface area contributed by atoms with Gasteiger partial charge in [-0.25, -0.2) is 0 Å². The molecule has 158 valence electrons. The van der Waals surface area contributed by atoms with Crippen LogP contribution in [0.5, 0.6) is 0 Å². The van der Waals surface area contributed by atoms with E-state index in [1.165, 1.54) is 14.0 Å². The lowest BCUT2D eigenvalue weighted by Crippen LogP contribution is -2.73. The maximum absolute atomic E-state index is 13.3. The average molecular weight is 415 g/mol. The maximum atomic E-state index is 13.3. The summed E-state index contributed by atoms with van der Waals surface area (Å²) in [5.74, 6) is -1.48. The number of hydrogen-bond donors (Lipinski definition) is 4. The molecule has 0 aromatic rings. The third kappa shape index (κ3) is 3.49. The fourth-order valence-electron chi connectivity index (χ4n) is 4.09. The van der Waals surface area contributed by atoms with Gasteiger partial charge in [0.2, 0.25) is 11.0 Å². The van der Waals surface area contributed by atoms with E-state index in [-0.39, 0.29) is 18.6 Å². The summed E-state index contributed by atoms with van der Waals surface area (Å²) in [5, 5.41) is 24.6. The highest BCUT2D eigenvalue weighted by molar-refractivity contribution is 8.13. The number of nitrogens with one attached hydrogen (secondary N) is 1. The Balaban J connectivity index is 2.43. The van der Waals surface area contributed by atoms with E-state index >= 15 is 0 Å². The molecule has 0 unspecified atom stereocenters.